The van der Waals surface area contributed by atoms with E-state index in [-0.39, 0.29) is 29.7 Å². The molecule has 1 amide bonds. The molecule has 0 aliphatic heterocycles. The summed E-state index contributed by atoms with van der Waals surface area (Å²) < 4.78 is 80.1. The van der Waals surface area contributed by atoms with Crippen molar-refractivity contribution in [3.63, 3.8) is 0 Å². The maximum Gasteiger partial charge on any atom is 0.417 e. The fraction of sp³-hybridized carbons (Fsp3) is 0.231. The monoisotopic (exact) mass is 598 g/mol. The van der Waals surface area contributed by atoms with Gasteiger partial charge in [0, 0.05) is 24.5 Å². The molecule has 14 heteroatoms. The van der Waals surface area contributed by atoms with E-state index in [0.717, 1.165) is 18.2 Å². The molecule has 0 saturated carbocycles. The first-order valence-corrected chi connectivity index (χ1v) is 13.4. The van der Waals surface area contributed by atoms with Gasteiger partial charge in [-0.2, -0.15) is 13.2 Å². The third-order valence-corrected chi connectivity index (χ3v) is 6.88. The second-order valence-corrected chi connectivity index (χ2v) is 10.8. The first-order valence-electron chi connectivity index (χ1n) is 11.6. The number of hydrogen-bond donors (Lipinski definition) is 2. The van der Waals surface area contributed by atoms with E-state index in [1.165, 1.54) is 30.5 Å². The van der Waals surface area contributed by atoms with Crippen molar-refractivity contribution in [2.24, 2.45) is 0 Å². The smallest absolute Gasteiger partial charge is 0.417 e. The number of amides is 1. The van der Waals surface area contributed by atoms with Crippen LogP contribution in [0, 0.1) is 6.92 Å². The molecule has 0 aliphatic carbocycles. The van der Waals surface area contributed by atoms with Gasteiger partial charge in [0.05, 0.1) is 15.5 Å². The lowest BCUT2D eigenvalue weighted by Gasteiger charge is -2.18. The highest BCUT2D eigenvalue weighted by Gasteiger charge is 2.34. The van der Waals surface area contributed by atoms with E-state index in [1.807, 2.05) is 19.0 Å². The normalized spacial score (nSPS) is 11.7. The van der Waals surface area contributed by atoms with Crippen LogP contribution in [-0.2, 0) is 21.0 Å². The molecule has 0 saturated heterocycles. The molecule has 3 rings (SSSR count). The number of aromatic nitrogens is 1. The number of ether oxygens (including phenoxy) is 2. The Balaban J connectivity index is 1.97. The van der Waals surface area contributed by atoms with Crippen LogP contribution < -0.4 is 19.5 Å². The van der Waals surface area contributed by atoms with Gasteiger partial charge >= 0.3 is 6.18 Å². The number of alkyl halides is 3. The van der Waals surface area contributed by atoms with Crippen LogP contribution in [0.4, 0.5) is 24.5 Å². The fourth-order valence-corrected chi connectivity index (χ4v) is 4.52. The molecule has 0 atom stereocenters. The number of pyridine rings is 1. The van der Waals surface area contributed by atoms with Crippen molar-refractivity contribution in [3.8, 4) is 17.4 Å². The lowest BCUT2D eigenvalue weighted by molar-refractivity contribution is -0.137. The first-order chi connectivity index (χ1) is 18.7. The highest BCUT2D eigenvalue weighted by Crippen LogP contribution is 2.39. The Hall–Kier alpha value is -3.81. The number of sulfonamides is 1. The highest BCUT2D eigenvalue weighted by atomic mass is 35.5. The number of halogens is 4. The zero-order chi connectivity index (χ0) is 29.7. The minimum absolute atomic E-state index is 0.133. The molecule has 2 N–H and O–H groups in total. The fourth-order valence-electron chi connectivity index (χ4n) is 3.22. The topological polar surface area (TPSA) is 110 Å². The van der Waals surface area contributed by atoms with Crippen LogP contribution in [0.3, 0.4) is 0 Å². The summed E-state index contributed by atoms with van der Waals surface area (Å²) in [6, 6.07) is 8.19. The van der Waals surface area contributed by atoms with Crippen LogP contribution in [-0.4, -0.2) is 51.5 Å². The van der Waals surface area contributed by atoms with Crippen molar-refractivity contribution in [1.82, 2.24) is 9.88 Å². The zero-order valence-corrected chi connectivity index (χ0v) is 23.2. The SMILES string of the molecule is C=CC(=O)Nc1ccc(Oc2ncc(C)cc2NS(=O)(=O)c2ccc(Cl)c(C(F)(F)F)c2)c(OCCN(C)C)c1. The molecule has 40 heavy (non-hydrogen) atoms. The summed E-state index contributed by atoms with van der Waals surface area (Å²) in [6.07, 6.45) is -2.34. The molecule has 3 aromatic rings. The highest BCUT2D eigenvalue weighted by molar-refractivity contribution is 7.92. The van der Waals surface area contributed by atoms with E-state index in [2.05, 4.69) is 21.6 Å². The average molecular weight is 599 g/mol. The lowest BCUT2D eigenvalue weighted by Crippen LogP contribution is -2.19. The molecular formula is C26H26ClF3N4O5S. The average Bonchev–Trinajstić information content (AvgIpc) is 2.85. The van der Waals surface area contributed by atoms with Crippen LogP contribution >= 0.6 is 11.6 Å². The quantitative estimate of drug-likeness (QED) is 0.272. The minimum Gasteiger partial charge on any atom is -0.488 e. The van der Waals surface area contributed by atoms with E-state index in [0.29, 0.717) is 23.9 Å². The van der Waals surface area contributed by atoms with Crippen molar-refractivity contribution < 1.29 is 35.9 Å². The second kappa shape index (κ2) is 12.6. The van der Waals surface area contributed by atoms with Crippen LogP contribution in [0.2, 0.25) is 5.02 Å². The van der Waals surface area contributed by atoms with Gasteiger partial charge in [0.1, 0.15) is 12.3 Å². The van der Waals surface area contributed by atoms with Gasteiger partial charge < -0.3 is 19.7 Å². The predicted octanol–water partition coefficient (Wildman–Crippen LogP) is 5.72. The number of anilines is 2. The van der Waals surface area contributed by atoms with Crippen LogP contribution in [0.15, 0.2) is 66.2 Å². The summed E-state index contributed by atoms with van der Waals surface area (Å²) in [5, 5.41) is 1.97. The number of carbonyl (C=O) groups excluding carboxylic acids is 1. The summed E-state index contributed by atoms with van der Waals surface area (Å²) in [6.45, 7) is 5.86. The Labute approximate surface area is 234 Å². The van der Waals surface area contributed by atoms with Gasteiger partial charge in [-0.25, -0.2) is 13.4 Å². The van der Waals surface area contributed by atoms with E-state index in [4.69, 9.17) is 21.1 Å². The molecular weight excluding hydrogens is 573 g/mol. The van der Waals surface area contributed by atoms with E-state index in [9.17, 15) is 26.4 Å². The third kappa shape index (κ3) is 8.10. The Kier molecular flexibility index (Phi) is 9.66. The van der Waals surface area contributed by atoms with E-state index in [1.54, 1.807) is 6.92 Å². The Morgan fingerprint density at radius 3 is 2.52 bits per heavy atom. The minimum atomic E-state index is -4.86. The Bertz CT molecular complexity index is 1510. The van der Waals surface area contributed by atoms with Crippen molar-refractivity contribution >= 4 is 38.9 Å². The molecule has 0 bridgehead atoms. The molecule has 0 spiro atoms. The molecule has 1 heterocycles. The number of rotatable bonds is 11. The number of hydrogen-bond acceptors (Lipinski definition) is 7. The molecule has 0 aliphatic rings. The molecule has 1 aromatic heterocycles. The zero-order valence-electron chi connectivity index (χ0n) is 21.7. The van der Waals surface area contributed by atoms with Crippen molar-refractivity contribution in [2.75, 3.05) is 37.3 Å². The maximum atomic E-state index is 13.3. The third-order valence-electron chi connectivity index (χ3n) is 5.19. The van der Waals surface area contributed by atoms with Gasteiger partial charge in [-0.3, -0.25) is 9.52 Å². The number of benzene rings is 2. The standard InChI is InChI=1S/C26H26ClF3N4O5S/c1-5-24(35)32-17-6-9-22(23(13-17)38-11-10-34(3)4)39-25-21(12-16(2)15-31-25)33-40(36,37)18-7-8-20(27)19(14-18)26(28,29)30/h5-9,12-15,33H,1,10-11H2,2-4H3,(H,32,35). The summed E-state index contributed by atoms with van der Waals surface area (Å²) >= 11 is 5.64. The van der Waals surface area contributed by atoms with Gasteiger partial charge in [0.25, 0.3) is 10.0 Å². The number of nitrogens with one attached hydrogen (secondary N) is 2. The molecule has 2 aromatic carbocycles. The molecule has 0 unspecified atom stereocenters. The summed E-state index contributed by atoms with van der Waals surface area (Å²) in [5.74, 6) is -0.286. The van der Waals surface area contributed by atoms with Gasteiger partial charge in [-0.1, -0.05) is 18.2 Å². The number of likely N-dealkylation sites (N-methyl/N-ethyl adjacent to an activating group) is 1. The van der Waals surface area contributed by atoms with E-state index >= 15 is 0 Å². The van der Waals surface area contributed by atoms with Crippen LogP contribution in [0.25, 0.3) is 0 Å². The van der Waals surface area contributed by atoms with Crippen molar-refractivity contribution in [2.45, 2.75) is 18.0 Å². The summed E-state index contributed by atoms with van der Waals surface area (Å²) in [5.41, 5.74) is -0.494. The van der Waals surface area contributed by atoms with Gasteiger partial charge in [-0.15, -0.1) is 0 Å². The largest absolute Gasteiger partial charge is 0.488 e. The number of aryl methyl sites for hydroxylation is 1. The maximum absolute atomic E-state index is 13.3. The van der Waals surface area contributed by atoms with Crippen molar-refractivity contribution in [1.29, 1.82) is 0 Å². The molecule has 214 valence electrons. The molecule has 0 fully saturated rings. The Morgan fingerprint density at radius 2 is 1.88 bits per heavy atom. The van der Waals surface area contributed by atoms with Crippen LogP contribution in [0.1, 0.15) is 11.1 Å². The van der Waals surface area contributed by atoms with E-state index < -0.39 is 37.6 Å². The second-order valence-electron chi connectivity index (χ2n) is 8.72. The van der Waals surface area contributed by atoms with Crippen molar-refractivity contribution in [3.05, 3.63) is 77.5 Å². The van der Waals surface area contributed by atoms with Gasteiger partial charge in [0.2, 0.25) is 11.8 Å². The van der Waals surface area contributed by atoms with Gasteiger partial charge in [-0.05, 0) is 69.1 Å². The number of carbonyl (C=O) groups is 1. The number of nitrogens with zero attached hydrogens (tertiary/aromatic N) is 2. The Morgan fingerprint density at radius 1 is 1.15 bits per heavy atom. The van der Waals surface area contributed by atoms with Gasteiger partial charge in [0.15, 0.2) is 11.5 Å². The molecule has 9 nitrogen and oxygen atoms in total. The first kappa shape index (κ1) is 30.7. The lowest BCUT2D eigenvalue weighted by atomic mass is 10.2. The molecule has 0 radical (unpaired) electrons. The summed E-state index contributed by atoms with van der Waals surface area (Å²) in [4.78, 5) is 17.1. The summed E-state index contributed by atoms with van der Waals surface area (Å²) in [7, 11) is -0.812. The van der Waals surface area contributed by atoms with Crippen LogP contribution in [0.5, 0.6) is 17.4 Å². The predicted molar refractivity (Wildman–Crippen MR) is 146 cm³/mol.